The highest BCUT2D eigenvalue weighted by molar-refractivity contribution is 5.93. The van der Waals surface area contributed by atoms with Crippen molar-refractivity contribution < 1.29 is 4.79 Å². The lowest BCUT2D eigenvalue weighted by molar-refractivity contribution is -0.00303. The average Bonchev–Trinajstić information content (AvgIpc) is 2.78. The topological polar surface area (TPSA) is 72.9 Å². The third-order valence-electron chi connectivity index (χ3n) is 5.90. The molecular weight excluding hydrogens is 252 g/mol. The lowest BCUT2D eigenvalue weighted by Crippen LogP contribution is -2.44. The van der Waals surface area contributed by atoms with Gasteiger partial charge < -0.3 is 0 Å². The van der Waals surface area contributed by atoms with E-state index < -0.39 is 0 Å². The second-order valence-corrected chi connectivity index (χ2v) is 7.00. The minimum Gasteiger partial charge on any atom is -0.289 e. The maximum atomic E-state index is 12.1. The van der Waals surface area contributed by atoms with Crippen molar-refractivity contribution in [2.75, 3.05) is 0 Å². The van der Waals surface area contributed by atoms with Crippen LogP contribution in [0.25, 0.3) is 0 Å². The molecule has 0 unspecified atom stereocenters. The molecule has 4 aliphatic carbocycles. The Bertz CT molecular complexity index is 522. The van der Waals surface area contributed by atoms with E-state index in [9.17, 15) is 4.79 Å². The van der Waals surface area contributed by atoms with E-state index in [2.05, 4.69) is 10.5 Å². The first-order valence-corrected chi connectivity index (χ1v) is 7.70. The van der Waals surface area contributed by atoms with Crippen LogP contribution in [0.15, 0.2) is 6.20 Å². The Labute approximate surface area is 118 Å². The summed E-state index contributed by atoms with van der Waals surface area (Å²) < 4.78 is 1.67. The normalized spacial score (nSPS) is 38.2. The molecule has 0 aliphatic heterocycles. The number of aromatic nitrogens is 2. The summed E-state index contributed by atoms with van der Waals surface area (Å²) in [6.07, 6.45) is 8.72. The van der Waals surface area contributed by atoms with E-state index in [1.807, 2.05) is 13.2 Å². The van der Waals surface area contributed by atoms with Crippen molar-refractivity contribution >= 4 is 5.91 Å². The molecule has 0 saturated heterocycles. The number of hydrazine groups is 1. The molecule has 0 spiro atoms. The Morgan fingerprint density at radius 2 is 1.85 bits per heavy atom. The molecule has 4 aliphatic rings. The average molecular weight is 274 g/mol. The van der Waals surface area contributed by atoms with Crippen LogP contribution in [0.1, 0.15) is 54.1 Å². The van der Waals surface area contributed by atoms with Crippen LogP contribution in [0, 0.1) is 23.7 Å². The van der Waals surface area contributed by atoms with Crippen molar-refractivity contribution in [2.45, 2.75) is 38.0 Å². The lowest BCUT2D eigenvalue weighted by atomic mass is 9.51. The number of carbonyl (C=O) groups is 1. The van der Waals surface area contributed by atoms with Crippen LogP contribution in [0.5, 0.6) is 0 Å². The summed E-state index contributed by atoms with van der Waals surface area (Å²) in [5.41, 5.74) is 4.06. The number of hydrogen-bond donors (Lipinski definition) is 2. The van der Waals surface area contributed by atoms with Gasteiger partial charge in [-0.3, -0.25) is 14.9 Å². The second-order valence-electron chi connectivity index (χ2n) is 7.00. The van der Waals surface area contributed by atoms with Crippen molar-refractivity contribution in [1.82, 2.24) is 15.2 Å². The zero-order chi connectivity index (χ0) is 13.9. The first-order chi connectivity index (χ1) is 9.67. The Morgan fingerprint density at radius 1 is 1.25 bits per heavy atom. The molecular formula is C15H22N4O. The minimum atomic E-state index is -0.214. The number of hydrogen-bond acceptors (Lipinski definition) is 3. The van der Waals surface area contributed by atoms with Crippen LogP contribution < -0.4 is 11.3 Å². The molecule has 0 atom stereocenters. The molecule has 4 fully saturated rings. The van der Waals surface area contributed by atoms with Crippen LogP contribution in [-0.4, -0.2) is 15.7 Å². The number of carbonyl (C=O) groups excluding carboxylic acids is 1. The largest absolute Gasteiger partial charge is 0.289 e. The van der Waals surface area contributed by atoms with Gasteiger partial charge in [0.05, 0.1) is 6.20 Å². The van der Waals surface area contributed by atoms with Gasteiger partial charge in [0, 0.05) is 12.6 Å². The highest BCUT2D eigenvalue weighted by atomic mass is 16.2. The third-order valence-corrected chi connectivity index (χ3v) is 5.90. The first-order valence-electron chi connectivity index (χ1n) is 7.70. The Balaban J connectivity index is 1.73. The fraction of sp³-hybridized carbons (Fsp3) is 0.733. The van der Waals surface area contributed by atoms with Gasteiger partial charge in [0.25, 0.3) is 5.91 Å². The molecule has 1 aromatic rings. The zero-order valence-corrected chi connectivity index (χ0v) is 11.9. The molecule has 5 rings (SSSR count). The van der Waals surface area contributed by atoms with Crippen LogP contribution in [-0.2, 0) is 7.05 Å². The quantitative estimate of drug-likeness (QED) is 0.488. The number of nitrogens with two attached hydrogens (primary N) is 1. The Kier molecular flexibility index (Phi) is 2.67. The summed E-state index contributed by atoms with van der Waals surface area (Å²) in [4.78, 5) is 12.1. The van der Waals surface area contributed by atoms with E-state index in [4.69, 9.17) is 5.84 Å². The first kappa shape index (κ1) is 12.4. The molecule has 1 heterocycles. The number of aryl methyl sites for hydroxylation is 1. The van der Waals surface area contributed by atoms with E-state index in [0.717, 1.165) is 29.2 Å². The van der Waals surface area contributed by atoms with Gasteiger partial charge in [-0.05, 0) is 61.7 Å². The maximum Gasteiger partial charge on any atom is 0.283 e. The maximum absolute atomic E-state index is 12.1. The summed E-state index contributed by atoms with van der Waals surface area (Å²) in [6, 6.07) is 0. The number of nitrogen functional groups attached to an aromatic ring is 1. The summed E-state index contributed by atoms with van der Waals surface area (Å²) in [5, 5.41) is 4.32. The molecule has 0 radical (unpaired) electrons. The third kappa shape index (κ3) is 1.65. The van der Waals surface area contributed by atoms with E-state index in [1.54, 1.807) is 4.68 Å². The molecule has 0 aromatic carbocycles. The summed E-state index contributed by atoms with van der Waals surface area (Å²) in [7, 11) is 1.82. The van der Waals surface area contributed by atoms with Crippen molar-refractivity contribution in [3.63, 3.8) is 0 Å². The SMILES string of the molecule is Cn1ncc(C2C3CC4CC(C3)CC2C4)c1C(=O)NN. The molecule has 1 amide bonds. The Morgan fingerprint density at radius 3 is 2.40 bits per heavy atom. The highest BCUT2D eigenvalue weighted by Crippen LogP contribution is 2.60. The lowest BCUT2D eigenvalue weighted by Gasteiger charge is -2.54. The van der Waals surface area contributed by atoms with E-state index in [-0.39, 0.29) is 5.91 Å². The smallest absolute Gasteiger partial charge is 0.283 e. The Hall–Kier alpha value is -1.36. The van der Waals surface area contributed by atoms with Gasteiger partial charge in [-0.1, -0.05) is 0 Å². The standard InChI is InChI=1S/C15H22N4O/c1-19-14(15(20)18-16)12(7-17-19)13-10-3-8-2-9(5-10)6-11(13)4-8/h7-11,13H,2-6,16H2,1H3,(H,18,20). The number of rotatable bonds is 2. The predicted molar refractivity (Wildman–Crippen MR) is 74.6 cm³/mol. The molecule has 4 bridgehead atoms. The molecule has 4 saturated carbocycles. The van der Waals surface area contributed by atoms with Crippen molar-refractivity contribution in [1.29, 1.82) is 0 Å². The minimum absolute atomic E-state index is 0.214. The molecule has 5 nitrogen and oxygen atoms in total. The van der Waals surface area contributed by atoms with Gasteiger partial charge in [-0.25, -0.2) is 5.84 Å². The number of nitrogens with one attached hydrogen (secondary N) is 1. The number of nitrogens with zero attached hydrogens (tertiary/aromatic N) is 2. The van der Waals surface area contributed by atoms with Gasteiger partial charge in [0.1, 0.15) is 5.69 Å². The fourth-order valence-electron chi connectivity index (χ4n) is 5.48. The molecule has 3 N–H and O–H groups in total. The predicted octanol–water partition coefficient (Wildman–Crippen LogP) is 1.56. The second kappa shape index (κ2) is 4.32. The van der Waals surface area contributed by atoms with Crippen LogP contribution in [0.4, 0.5) is 0 Å². The van der Waals surface area contributed by atoms with E-state index >= 15 is 0 Å². The van der Waals surface area contributed by atoms with Gasteiger partial charge in [-0.15, -0.1) is 0 Å². The fourth-order valence-corrected chi connectivity index (χ4v) is 5.48. The molecule has 108 valence electrons. The summed E-state index contributed by atoms with van der Waals surface area (Å²) >= 11 is 0. The van der Waals surface area contributed by atoms with Crippen molar-refractivity contribution in [3.05, 3.63) is 17.5 Å². The van der Waals surface area contributed by atoms with Gasteiger partial charge in [0.15, 0.2) is 0 Å². The monoisotopic (exact) mass is 274 g/mol. The van der Waals surface area contributed by atoms with Crippen LogP contribution in [0.3, 0.4) is 0 Å². The molecule has 20 heavy (non-hydrogen) atoms. The summed E-state index contributed by atoms with van der Waals surface area (Å²) in [5.74, 6) is 9.02. The van der Waals surface area contributed by atoms with E-state index in [0.29, 0.717) is 11.6 Å². The summed E-state index contributed by atoms with van der Waals surface area (Å²) in [6.45, 7) is 0. The number of amides is 1. The molecule has 1 aromatic heterocycles. The van der Waals surface area contributed by atoms with Crippen LogP contribution in [0.2, 0.25) is 0 Å². The van der Waals surface area contributed by atoms with Gasteiger partial charge in [-0.2, -0.15) is 5.10 Å². The van der Waals surface area contributed by atoms with Crippen LogP contribution >= 0.6 is 0 Å². The van der Waals surface area contributed by atoms with Crippen molar-refractivity contribution in [3.8, 4) is 0 Å². The zero-order valence-electron chi connectivity index (χ0n) is 11.9. The highest BCUT2D eigenvalue weighted by Gasteiger charge is 2.49. The van der Waals surface area contributed by atoms with Gasteiger partial charge >= 0.3 is 0 Å². The van der Waals surface area contributed by atoms with Gasteiger partial charge in [0.2, 0.25) is 0 Å². The van der Waals surface area contributed by atoms with Crippen molar-refractivity contribution in [2.24, 2.45) is 36.6 Å². The van der Waals surface area contributed by atoms with E-state index in [1.165, 1.54) is 32.1 Å². The molecule has 5 heteroatoms.